The largest absolute Gasteiger partial charge is 0.418 e. The average molecular weight is 265 g/mol. The molecule has 0 heterocycles. The number of halogens is 3. The van der Waals surface area contributed by atoms with Crippen molar-refractivity contribution in [2.45, 2.75) is 6.18 Å². The molecule has 19 heavy (non-hydrogen) atoms. The molecule has 2 N–H and O–H groups in total. The number of benzene rings is 2. The zero-order valence-corrected chi connectivity index (χ0v) is 9.74. The molecule has 2 rings (SSSR count). The summed E-state index contributed by atoms with van der Waals surface area (Å²) in [6, 6.07) is 10.0. The Bertz CT molecular complexity index is 603. The van der Waals surface area contributed by atoms with Gasteiger partial charge in [0.2, 0.25) is 0 Å². The Labute approximate surface area is 107 Å². The summed E-state index contributed by atoms with van der Waals surface area (Å²) in [5, 5.41) is 0. The van der Waals surface area contributed by atoms with Gasteiger partial charge < -0.3 is 5.73 Å². The molecule has 0 saturated heterocycles. The van der Waals surface area contributed by atoms with Gasteiger partial charge in [-0.1, -0.05) is 30.3 Å². The van der Waals surface area contributed by atoms with Crippen LogP contribution in [0.15, 0.2) is 42.5 Å². The smallest absolute Gasteiger partial charge is 0.398 e. The Morgan fingerprint density at radius 3 is 2.05 bits per heavy atom. The number of anilines is 1. The van der Waals surface area contributed by atoms with Crippen LogP contribution in [0.3, 0.4) is 0 Å². The van der Waals surface area contributed by atoms with Crippen LogP contribution in [0.2, 0.25) is 0 Å². The van der Waals surface area contributed by atoms with E-state index in [1.54, 1.807) is 24.3 Å². The fourth-order valence-electron chi connectivity index (χ4n) is 1.74. The lowest BCUT2D eigenvalue weighted by Crippen LogP contribution is -2.08. The van der Waals surface area contributed by atoms with E-state index < -0.39 is 11.7 Å². The minimum absolute atomic E-state index is 0.305. The standard InChI is InChI=1S/C14H10F3NO/c15-14(16,17)12-7-11(5-6-13(12)18)10-3-1-9(8-19)2-4-10/h1-8H,18H2. The van der Waals surface area contributed by atoms with Gasteiger partial charge in [-0.3, -0.25) is 4.79 Å². The number of nitrogens with two attached hydrogens (primary N) is 1. The number of hydrogen-bond donors (Lipinski definition) is 1. The minimum atomic E-state index is -4.48. The van der Waals surface area contributed by atoms with Crippen LogP contribution in [0.1, 0.15) is 15.9 Å². The Morgan fingerprint density at radius 1 is 0.947 bits per heavy atom. The summed E-state index contributed by atoms with van der Waals surface area (Å²) in [5.41, 5.74) is 5.63. The van der Waals surface area contributed by atoms with Crippen LogP contribution in [-0.2, 0) is 6.18 Å². The van der Waals surface area contributed by atoms with Crippen molar-refractivity contribution >= 4 is 12.0 Å². The molecule has 0 spiro atoms. The van der Waals surface area contributed by atoms with Crippen molar-refractivity contribution in [3.05, 3.63) is 53.6 Å². The molecule has 0 unspecified atom stereocenters. The van der Waals surface area contributed by atoms with Gasteiger partial charge in [0, 0.05) is 11.3 Å². The maximum atomic E-state index is 12.7. The van der Waals surface area contributed by atoms with Crippen LogP contribution >= 0.6 is 0 Å². The summed E-state index contributed by atoms with van der Waals surface area (Å²) in [5.74, 6) is 0. The van der Waals surface area contributed by atoms with E-state index in [2.05, 4.69) is 0 Å². The first kappa shape index (κ1) is 13.1. The van der Waals surface area contributed by atoms with Gasteiger partial charge in [0.15, 0.2) is 0 Å². The second-order valence-corrected chi connectivity index (χ2v) is 4.04. The molecule has 0 aromatic heterocycles. The van der Waals surface area contributed by atoms with Gasteiger partial charge in [-0.2, -0.15) is 13.2 Å². The first-order chi connectivity index (χ1) is 8.91. The predicted octanol–water partition coefficient (Wildman–Crippen LogP) is 3.77. The third kappa shape index (κ3) is 2.76. The van der Waals surface area contributed by atoms with E-state index in [1.165, 1.54) is 12.1 Å². The zero-order valence-electron chi connectivity index (χ0n) is 9.74. The van der Waals surface area contributed by atoms with E-state index in [9.17, 15) is 18.0 Å². The molecule has 0 atom stereocenters. The van der Waals surface area contributed by atoms with Crippen LogP contribution in [0.25, 0.3) is 11.1 Å². The molecule has 2 aromatic rings. The summed E-state index contributed by atoms with van der Waals surface area (Å²) in [7, 11) is 0. The third-order valence-electron chi connectivity index (χ3n) is 2.74. The summed E-state index contributed by atoms with van der Waals surface area (Å²) in [6.45, 7) is 0. The highest BCUT2D eigenvalue weighted by atomic mass is 19.4. The van der Waals surface area contributed by atoms with Gasteiger partial charge in [0.05, 0.1) is 5.56 Å². The summed E-state index contributed by atoms with van der Waals surface area (Å²) < 4.78 is 38.2. The number of rotatable bonds is 2. The highest BCUT2D eigenvalue weighted by Crippen LogP contribution is 2.36. The van der Waals surface area contributed by atoms with Crippen molar-refractivity contribution in [2.75, 3.05) is 5.73 Å². The molecule has 0 fully saturated rings. The normalized spacial score (nSPS) is 11.3. The third-order valence-corrected chi connectivity index (χ3v) is 2.74. The number of carbonyl (C=O) groups excluding carboxylic acids is 1. The fraction of sp³-hybridized carbons (Fsp3) is 0.0714. The maximum absolute atomic E-state index is 12.7. The first-order valence-corrected chi connectivity index (χ1v) is 5.44. The molecule has 2 nitrogen and oxygen atoms in total. The molecule has 5 heteroatoms. The van der Waals surface area contributed by atoms with E-state index in [4.69, 9.17) is 5.73 Å². The van der Waals surface area contributed by atoms with Gasteiger partial charge in [0.25, 0.3) is 0 Å². The molecule has 0 amide bonds. The number of aldehydes is 1. The lowest BCUT2D eigenvalue weighted by Gasteiger charge is -2.12. The van der Waals surface area contributed by atoms with Crippen LogP contribution < -0.4 is 5.73 Å². The average Bonchev–Trinajstić information content (AvgIpc) is 2.38. The van der Waals surface area contributed by atoms with Crippen molar-refractivity contribution in [2.24, 2.45) is 0 Å². The Kier molecular flexibility index (Phi) is 3.29. The monoisotopic (exact) mass is 265 g/mol. The van der Waals surface area contributed by atoms with E-state index in [0.29, 0.717) is 23.0 Å². The molecule has 98 valence electrons. The van der Waals surface area contributed by atoms with E-state index in [-0.39, 0.29) is 5.69 Å². The predicted molar refractivity (Wildman–Crippen MR) is 66.7 cm³/mol. The first-order valence-electron chi connectivity index (χ1n) is 5.44. The van der Waals surface area contributed by atoms with Gasteiger partial charge in [-0.05, 0) is 23.3 Å². The summed E-state index contributed by atoms with van der Waals surface area (Å²) >= 11 is 0. The molecular formula is C14H10F3NO. The molecule has 0 aliphatic carbocycles. The van der Waals surface area contributed by atoms with Crippen LogP contribution in [0.5, 0.6) is 0 Å². The van der Waals surface area contributed by atoms with Crippen molar-refractivity contribution in [3.63, 3.8) is 0 Å². The molecule has 0 aliphatic heterocycles. The lowest BCUT2D eigenvalue weighted by atomic mass is 10.0. The number of hydrogen-bond acceptors (Lipinski definition) is 2. The minimum Gasteiger partial charge on any atom is -0.398 e. The van der Waals surface area contributed by atoms with Crippen LogP contribution in [0, 0.1) is 0 Å². The SMILES string of the molecule is Nc1ccc(-c2ccc(C=O)cc2)cc1C(F)(F)F. The molecule has 0 saturated carbocycles. The van der Waals surface area contributed by atoms with E-state index in [1.807, 2.05) is 0 Å². The van der Waals surface area contributed by atoms with Crippen LogP contribution in [-0.4, -0.2) is 6.29 Å². The molecule has 0 aliphatic rings. The maximum Gasteiger partial charge on any atom is 0.418 e. The van der Waals surface area contributed by atoms with Gasteiger partial charge in [0.1, 0.15) is 6.29 Å². The van der Waals surface area contributed by atoms with Crippen molar-refractivity contribution in [1.82, 2.24) is 0 Å². The second kappa shape index (κ2) is 4.76. The summed E-state index contributed by atoms with van der Waals surface area (Å²) in [6.07, 6.45) is -3.81. The van der Waals surface area contributed by atoms with Gasteiger partial charge >= 0.3 is 6.18 Å². The van der Waals surface area contributed by atoms with Crippen molar-refractivity contribution in [1.29, 1.82) is 0 Å². The number of nitrogen functional groups attached to an aromatic ring is 1. The highest BCUT2D eigenvalue weighted by Gasteiger charge is 2.33. The Morgan fingerprint density at radius 2 is 1.53 bits per heavy atom. The molecule has 0 bridgehead atoms. The van der Waals surface area contributed by atoms with Gasteiger partial charge in [-0.25, -0.2) is 0 Å². The molecule has 0 radical (unpaired) electrons. The Hall–Kier alpha value is -2.30. The second-order valence-electron chi connectivity index (χ2n) is 4.04. The van der Waals surface area contributed by atoms with E-state index in [0.717, 1.165) is 6.07 Å². The highest BCUT2D eigenvalue weighted by molar-refractivity contribution is 5.77. The quantitative estimate of drug-likeness (QED) is 0.663. The Balaban J connectivity index is 2.48. The zero-order chi connectivity index (χ0) is 14.0. The topological polar surface area (TPSA) is 43.1 Å². The molecule has 2 aromatic carbocycles. The molecular weight excluding hydrogens is 255 g/mol. The number of carbonyl (C=O) groups is 1. The van der Waals surface area contributed by atoms with Crippen molar-refractivity contribution in [3.8, 4) is 11.1 Å². The fourth-order valence-corrected chi connectivity index (χ4v) is 1.74. The summed E-state index contributed by atoms with van der Waals surface area (Å²) in [4.78, 5) is 10.5. The van der Waals surface area contributed by atoms with Gasteiger partial charge in [-0.15, -0.1) is 0 Å². The van der Waals surface area contributed by atoms with Crippen LogP contribution in [0.4, 0.5) is 18.9 Å². The lowest BCUT2D eigenvalue weighted by molar-refractivity contribution is -0.136. The van der Waals surface area contributed by atoms with E-state index >= 15 is 0 Å². The number of alkyl halides is 3. The van der Waals surface area contributed by atoms with Crippen molar-refractivity contribution < 1.29 is 18.0 Å².